The van der Waals surface area contributed by atoms with Crippen molar-refractivity contribution in [3.63, 3.8) is 0 Å². The molecule has 0 aromatic heterocycles. The topological polar surface area (TPSA) is 29.1 Å². The highest BCUT2D eigenvalue weighted by Gasteiger charge is 2.25. The molecule has 0 atom stereocenters. The normalized spacial score (nSPS) is 16.7. The molecule has 1 N–H and O–H groups in total. The molecule has 2 nitrogen and oxygen atoms in total. The van der Waals surface area contributed by atoms with E-state index in [0.717, 1.165) is 13.1 Å². The molecule has 1 aliphatic heterocycles. The van der Waals surface area contributed by atoms with Crippen LogP contribution in [0.25, 0.3) is 0 Å². The predicted molar refractivity (Wildman–Crippen MR) is 47.1 cm³/mol. The summed E-state index contributed by atoms with van der Waals surface area (Å²) in [4.78, 5) is 11.6. The zero-order valence-corrected chi connectivity index (χ0v) is 7.09. The van der Waals surface area contributed by atoms with E-state index in [-0.39, 0.29) is 17.5 Å². The van der Waals surface area contributed by atoms with E-state index in [1.165, 1.54) is 24.3 Å². The Morgan fingerprint density at radius 3 is 2.38 bits per heavy atom. The molecule has 0 aliphatic carbocycles. The first-order valence-corrected chi connectivity index (χ1v) is 4.28. The van der Waals surface area contributed by atoms with E-state index >= 15 is 0 Å². The minimum atomic E-state index is -0.303. The number of Topliss-reactive ketones (excluding diaryl/α,β-unsaturated/α-hetero) is 1. The molecule has 13 heavy (non-hydrogen) atoms. The van der Waals surface area contributed by atoms with Crippen LogP contribution in [0.2, 0.25) is 0 Å². The van der Waals surface area contributed by atoms with Gasteiger partial charge in [0.25, 0.3) is 0 Å². The van der Waals surface area contributed by atoms with E-state index in [9.17, 15) is 9.18 Å². The molecule has 0 unspecified atom stereocenters. The molecule has 0 spiro atoms. The molecule has 1 saturated heterocycles. The first-order valence-electron chi connectivity index (χ1n) is 4.28. The van der Waals surface area contributed by atoms with Gasteiger partial charge >= 0.3 is 0 Å². The summed E-state index contributed by atoms with van der Waals surface area (Å²) < 4.78 is 12.5. The zero-order chi connectivity index (χ0) is 9.26. The number of ketones is 1. The number of hydrogen-bond donors (Lipinski definition) is 1. The molecule has 1 aromatic carbocycles. The van der Waals surface area contributed by atoms with Gasteiger partial charge in [-0.3, -0.25) is 4.79 Å². The van der Waals surface area contributed by atoms with Gasteiger partial charge in [0.1, 0.15) is 5.82 Å². The number of benzene rings is 1. The lowest BCUT2D eigenvalue weighted by Gasteiger charge is -2.25. The van der Waals surface area contributed by atoms with E-state index in [4.69, 9.17) is 0 Å². The predicted octanol–water partition coefficient (Wildman–Crippen LogP) is 1.23. The van der Waals surface area contributed by atoms with Crippen molar-refractivity contribution in [2.75, 3.05) is 13.1 Å². The average Bonchev–Trinajstić information content (AvgIpc) is 2.02. The van der Waals surface area contributed by atoms with Crippen molar-refractivity contribution in [2.24, 2.45) is 5.92 Å². The van der Waals surface area contributed by atoms with E-state index in [0.29, 0.717) is 5.56 Å². The Labute approximate surface area is 75.8 Å². The number of hydrogen-bond acceptors (Lipinski definition) is 2. The number of carbonyl (C=O) groups excluding carboxylic acids is 1. The summed E-state index contributed by atoms with van der Waals surface area (Å²) in [5.74, 6) is -0.104. The van der Waals surface area contributed by atoms with Gasteiger partial charge in [-0.15, -0.1) is 0 Å². The van der Waals surface area contributed by atoms with Crippen molar-refractivity contribution >= 4 is 5.78 Å². The van der Waals surface area contributed by atoms with Crippen molar-refractivity contribution < 1.29 is 9.18 Å². The molecular formula is C10H10FNO. The van der Waals surface area contributed by atoms with Crippen LogP contribution in [0.1, 0.15) is 10.4 Å². The lowest BCUT2D eigenvalue weighted by atomic mass is 9.93. The van der Waals surface area contributed by atoms with Gasteiger partial charge in [0, 0.05) is 24.6 Å². The molecule has 0 bridgehead atoms. The maximum absolute atomic E-state index is 12.5. The Kier molecular flexibility index (Phi) is 2.10. The van der Waals surface area contributed by atoms with Crippen molar-refractivity contribution in [1.29, 1.82) is 0 Å². The maximum Gasteiger partial charge on any atom is 0.168 e. The van der Waals surface area contributed by atoms with Gasteiger partial charge in [0.2, 0.25) is 0 Å². The summed E-state index contributed by atoms with van der Waals surface area (Å²) in [6.45, 7) is 1.49. The van der Waals surface area contributed by atoms with Crippen molar-refractivity contribution in [3.05, 3.63) is 35.6 Å². The van der Waals surface area contributed by atoms with Gasteiger partial charge in [0.05, 0.1) is 0 Å². The molecule has 0 saturated carbocycles. The smallest absolute Gasteiger partial charge is 0.168 e. The van der Waals surface area contributed by atoms with Gasteiger partial charge in [-0.05, 0) is 24.3 Å². The van der Waals surface area contributed by atoms with Crippen LogP contribution in [0.5, 0.6) is 0 Å². The number of rotatable bonds is 2. The van der Waals surface area contributed by atoms with E-state index in [1.807, 2.05) is 0 Å². The molecule has 0 radical (unpaired) electrons. The summed E-state index contributed by atoms with van der Waals surface area (Å²) in [6, 6.07) is 5.71. The molecule has 0 amide bonds. The third-order valence-electron chi connectivity index (χ3n) is 2.28. The van der Waals surface area contributed by atoms with Crippen LogP contribution < -0.4 is 5.32 Å². The second-order valence-electron chi connectivity index (χ2n) is 3.23. The first-order chi connectivity index (χ1) is 6.27. The monoisotopic (exact) mass is 179 g/mol. The second-order valence-corrected chi connectivity index (χ2v) is 3.23. The SMILES string of the molecule is O=C(c1ccc(F)cc1)C1CNC1. The minimum Gasteiger partial charge on any atom is -0.315 e. The highest BCUT2D eigenvalue weighted by Crippen LogP contribution is 2.13. The largest absolute Gasteiger partial charge is 0.315 e. The summed E-state index contributed by atoms with van der Waals surface area (Å²) in [5, 5.41) is 3.03. The van der Waals surface area contributed by atoms with Crippen molar-refractivity contribution in [2.45, 2.75) is 0 Å². The van der Waals surface area contributed by atoms with Gasteiger partial charge in [0.15, 0.2) is 5.78 Å². The lowest BCUT2D eigenvalue weighted by Crippen LogP contribution is -2.46. The quantitative estimate of drug-likeness (QED) is 0.692. The van der Waals surface area contributed by atoms with Crippen LogP contribution in [0.15, 0.2) is 24.3 Å². The molecule has 1 aromatic rings. The Bertz CT molecular complexity index is 316. The zero-order valence-electron chi connectivity index (χ0n) is 7.09. The van der Waals surface area contributed by atoms with Crippen molar-refractivity contribution in [1.82, 2.24) is 5.32 Å². The van der Waals surface area contributed by atoms with Crippen LogP contribution in [0.4, 0.5) is 4.39 Å². The third-order valence-corrected chi connectivity index (χ3v) is 2.28. The van der Waals surface area contributed by atoms with E-state index in [1.54, 1.807) is 0 Å². The van der Waals surface area contributed by atoms with Gasteiger partial charge in [-0.25, -0.2) is 4.39 Å². The van der Waals surface area contributed by atoms with Crippen molar-refractivity contribution in [3.8, 4) is 0 Å². The molecule has 1 heterocycles. The van der Waals surface area contributed by atoms with Crippen LogP contribution in [0, 0.1) is 11.7 Å². The fourth-order valence-corrected chi connectivity index (χ4v) is 1.32. The van der Waals surface area contributed by atoms with Crippen LogP contribution in [0.3, 0.4) is 0 Å². The minimum absolute atomic E-state index is 0.0884. The standard InChI is InChI=1S/C10H10FNO/c11-9-3-1-7(2-4-9)10(13)8-5-12-6-8/h1-4,8,12H,5-6H2. The van der Waals surface area contributed by atoms with Crippen LogP contribution >= 0.6 is 0 Å². The number of carbonyl (C=O) groups is 1. The average molecular weight is 179 g/mol. The Balaban J connectivity index is 2.15. The summed E-state index contributed by atoms with van der Waals surface area (Å²) in [7, 11) is 0. The third kappa shape index (κ3) is 1.60. The molecular weight excluding hydrogens is 169 g/mol. The van der Waals surface area contributed by atoms with Gasteiger partial charge in [-0.2, -0.15) is 0 Å². The summed E-state index contributed by atoms with van der Waals surface area (Å²) in [5.41, 5.74) is 0.605. The Morgan fingerprint density at radius 1 is 1.31 bits per heavy atom. The molecule has 2 rings (SSSR count). The highest BCUT2D eigenvalue weighted by atomic mass is 19.1. The Morgan fingerprint density at radius 2 is 1.92 bits per heavy atom. The van der Waals surface area contributed by atoms with Gasteiger partial charge < -0.3 is 5.32 Å². The number of halogens is 1. The number of nitrogens with one attached hydrogen (secondary N) is 1. The Hall–Kier alpha value is -1.22. The van der Waals surface area contributed by atoms with E-state index < -0.39 is 0 Å². The molecule has 1 aliphatic rings. The fourth-order valence-electron chi connectivity index (χ4n) is 1.32. The summed E-state index contributed by atoms with van der Waals surface area (Å²) in [6.07, 6.45) is 0. The summed E-state index contributed by atoms with van der Waals surface area (Å²) >= 11 is 0. The van der Waals surface area contributed by atoms with E-state index in [2.05, 4.69) is 5.32 Å². The van der Waals surface area contributed by atoms with Crippen LogP contribution in [-0.2, 0) is 0 Å². The van der Waals surface area contributed by atoms with Crippen LogP contribution in [-0.4, -0.2) is 18.9 Å². The van der Waals surface area contributed by atoms with Gasteiger partial charge in [-0.1, -0.05) is 0 Å². The second kappa shape index (κ2) is 3.26. The highest BCUT2D eigenvalue weighted by molar-refractivity contribution is 5.98. The first kappa shape index (κ1) is 8.38. The maximum atomic E-state index is 12.5. The molecule has 68 valence electrons. The lowest BCUT2D eigenvalue weighted by molar-refractivity contribution is 0.0878. The molecule has 1 fully saturated rings. The fraction of sp³-hybridized carbons (Fsp3) is 0.300. The molecule has 3 heteroatoms.